The molecule has 3 rings (SSSR count). The van der Waals surface area contributed by atoms with E-state index >= 15 is 0 Å². The summed E-state index contributed by atoms with van der Waals surface area (Å²) in [4.78, 5) is 11.3. The van der Waals surface area contributed by atoms with Gasteiger partial charge in [-0.3, -0.25) is 4.79 Å². The van der Waals surface area contributed by atoms with Gasteiger partial charge >= 0.3 is 5.97 Å². The van der Waals surface area contributed by atoms with E-state index in [1.807, 2.05) is 38.1 Å². The van der Waals surface area contributed by atoms with E-state index in [0.717, 1.165) is 49.2 Å². The molecule has 1 fully saturated rings. The molecule has 8 nitrogen and oxygen atoms in total. The molecule has 0 amide bonds. The second-order valence-corrected chi connectivity index (χ2v) is 8.09. The number of carboxylic acid groups (broad SMARTS) is 1. The number of hydrogen-bond acceptors (Lipinski definition) is 7. The standard InChI is InChI=1S/C24H34N4O4/c1-4-16(14-24(29)30)17-7-8-20(25-18-11-12-32-19(5-2)15-18)21(13-17)26-22-9-10-23(28-27-22)31-6-3/h7-10,13,16,18-19,25H,4-6,11-12,14-15H2,1-3H3,(H,26,27)(H,29,30)/t16?,18?,19-/m0/s1. The van der Waals surface area contributed by atoms with E-state index in [-0.39, 0.29) is 18.4 Å². The zero-order valence-corrected chi connectivity index (χ0v) is 19.1. The minimum Gasteiger partial charge on any atom is -0.481 e. The van der Waals surface area contributed by atoms with Gasteiger partial charge in [-0.05, 0) is 62.3 Å². The van der Waals surface area contributed by atoms with Crippen molar-refractivity contribution < 1.29 is 19.4 Å². The number of nitrogens with zero attached hydrogens (tertiary/aromatic N) is 2. The summed E-state index contributed by atoms with van der Waals surface area (Å²) in [7, 11) is 0. The number of hydrogen-bond donors (Lipinski definition) is 3. The number of anilines is 3. The molecule has 1 aromatic heterocycles. The molecule has 0 radical (unpaired) electrons. The van der Waals surface area contributed by atoms with Gasteiger partial charge in [-0.15, -0.1) is 10.2 Å². The molecule has 3 atom stereocenters. The monoisotopic (exact) mass is 442 g/mol. The predicted octanol–water partition coefficient (Wildman–Crippen LogP) is 4.96. The quantitative estimate of drug-likeness (QED) is 0.449. The van der Waals surface area contributed by atoms with Crippen LogP contribution in [0.1, 0.15) is 64.4 Å². The largest absolute Gasteiger partial charge is 0.481 e. The number of carbonyl (C=O) groups is 1. The first kappa shape index (κ1) is 23.8. The number of benzene rings is 1. The van der Waals surface area contributed by atoms with Gasteiger partial charge in [0.2, 0.25) is 5.88 Å². The topological polar surface area (TPSA) is 106 Å². The second kappa shape index (κ2) is 11.7. The zero-order valence-electron chi connectivity index (χ0n) is 19.1. The fourth-order valence-electron chi connectivity index (χ4n) is 4.02. The van der Waals surface area contributed by atoms with Gasteiger partial charge in [0.05, 0.1) is 30.5 Å². The smallest absolute Gasteiger partial charge is 0.303 e. The van der Waals surface area contributed by atoms with E-state index in [1.165, 1.54) is 0 Å². The lowest BCUT2D eigenvalue weighted by atomic mass is 9.92. The van der Waals surface area contributed by atoms with Crippen LogP contribution >= 0.6 is 0 Å². The van der Waals surface area contributed by atoms with Crippen LogP contribution in [0, 0.1) is 0 Å². The normalized spacial score (nSPS) is 19.2. The maximum absolute atomic E-state index is 11.3. The van der Waals surface area contributed by atoms with E-state index < -0.39 is 5.97 Å². The molecular weight excluding hydrogens is 408 g/mol. The van der Waals surface area contributed by atoms with Gasteiger partial charge in [0.25, 0.3) is 0 Å². The summed E-state index contributed by atoms with van der Waals surface area (Å²) < 4.78 is 11.2. The van der Waals surface area contributed by atoms with Gasteiger partial charge < -0.3 is 25.2 Å². The summed E-state index contributed by atoms with van der Waals surface area (Å²) in [5.74, 6) is 0.226. The van der Waals surface area contributed by atoms with Crippen LogP contribution in [0.15, 0.2) is 30.3 Å². The van der Waals surface area contributed by atoms with Gasteiger partial charge in [0, 0.05) is 18.7 Å². The molecule has 2 heterocycles. The first-order valence-electron chi connectivity index (χ1n) is 11.5. The van der Waals surface area contributed by atoms with E-state index in [9.17, 15) is 9.90 Å². The molecule has 2 aromatic rings. The van der Waals surface area contributed by atoms with Crippen molar-refractivity contribution in [1.82, 2.24) is 10.2 Å². The molecule has 0 saturated carbocycles. The Morgan fingerprint density at radius 1 is 1.22 bits per heavy atom. The summed E-state index contributed by atoms with van der Waals surface area (Å²) in [6.45, 7) is 7.34. The van der Waals surface area contributed by atoms with Crippen molar-refractivity contribution in [2.24, 2.45) is 0 Å². The molecule has 1 saturated heterocycles. The van der Waals surface area contributed by atoms with Crippen LogP contribution in [0.5, 0.6) is 5.88 Å². The van der Waals surface area contributed by atoms with Crippen molar-refractivity contribution in [2.75, 3.05) is 23.8 Å². The first-order chi connectivity index (χ1) is 15.5. The third-order valence-corrected chi connectivity index (χ3v) is 5.81. The summed E-state index contributed by atoms with van der Waals surface area (Å²) in [5, 5.41) is 24.6. The summed E-state index contributed by atoms with van der Waals surface area (Å²) in [5.41, 5.74) is 2.79. The number of ether oxygens (including phenoxy) is 2. The number of rotatable bonds is 11. The van der Waals surface area contributed by atoms with Gasteiger partial charge in [0.15, 0.2) is 5.82 Å². The SMILES string of the molecule is CCOc1ccc(Nc2cc(C(CC)CC(=O)O)ccc2NC2CCO[C@@H](CC)C2)nn1. The highest BCUT2D eigenvalue weighted by atomic mass is 16.5. The molecule has 0 bridgehead atoms. The van der Waals surface area contributed by atoms with Crippen LogP contribution in [0.25, 0.3) is 0 Å². The van der Waals surface area contributed by atoms with Crippen molar-refractivity contribution >= 4 is 23.2 Å². The van der Waals surface area contributed by atoms with Crippen molar-refractivity contribution in [3.63, 3.8) is 0 Å². The molecule has 3 N–H and O–H groups in total. The second-order valence-electron chi connectivity index (χ2n) is 8.09. The van der Waals surface area contributed by atoms with E-state index in [0.29, 0.717) is 24.3 Å². The molecular formula is C24H34N4O4. The van der Waals surface area contributed by atoms with Gasteiger partial charge in [-0.25, -0.2) is 0 Å². The Morgan fingerprint density at radius 2 is 2.06 bits per heavy atom. The Hall–Kier alpha value is -2.87. The summed E-state index contributed by atoms with van der Waals surface area (Å²) in [6, 6.07) is 9.98. The average Bonchev–Trinajstić information content (AvgIpc) is 2.80. The average molecular weight is 443 g/mol. The summed E-state index contributed by atoms with van der Waals surface area (Å²) in [6.07, 6.45) is 4.02. The molecule has 174 valence electrons. The number of aliphatic carboxylic acids is 1. The number of aromatic nitrogens is 2. The van der Waals surface area contributed by atoms with Crippen LogP contribution in [0.2, 0.25) is 0 Å². The minimum absolute atomic E-state index is 0.0546. The predicted molar refractivity (Wildman–Crippen MR) is 125 cm³/mol. The Kier molecular flexibility index (Phi) is 8.67. The van der Waals surface area contributed by atoms with E-state index in [4.69, 9.17) is 9.47 Å². The molecule has 1 aromatic carbocycles. The van der Waals surface area contributed by atoms with Crippen LogP contribution in [-0.4, -0.2) is 46.6 Å². The molecule has 1 aliphatic rings. The molecule has 2 unspecified atom stereocenters. The van der Waals surface area contributed by atoms with Crippen molar-refractivity contribution in [3.8, 4) is 5.88 Å². The van der Waals surface area contributed by atoms with Gasteiger partial charge in [-0.1, -0.05) is 19.9 Å². The molecule has 0 aliphatic carbocycles. The van der Waals surface area contributed by atoms with Crippen LogP contribution in [-0.2, 0) is 9.53 Å². The fourth-order valence-corrected chi connectivity index (χ4v) is 4.02. The number of nitrogens with one attached hydrogen (secondary N) is 2. The lowest BCUT2D eigenvalue weighted by Gasteiger charge is -2.31. The van der Waals surface area contributed by atoms with Gasteiger partial charge in [-0.2, -0.15) is 0 Å². The lowest BCUT2D eigenvalue weighted by Crippen LogP contribution is -2.33. The Balaban J connectivity index is 1.86. The fraction of sp³-hybridized carbons (Fsp3) is 0.542. The Labute approximate surface area is 189 Å². The lowest BCUT2D eigenvalue weighted by molar-refractivity contribution is -0.137. The molecule has 8 heteroatoms. The number of carboxylic acids is 1. The maximum atomic E-state index is 11.3. The Morgan fingerprint density at radius 3 is 2.72 bits per heavy atom. The van der Waals surface area contributed by atoms with Crippen molar-refractivity contribution in [2.45, 2.75) is 70.9 Å². The van der Waals surface area contributed by atoms with E-state index in [2.05, 4.69) is 27.8 Å². The molecule has 1 aliphatic heterocycles. The molecule has 32 heavy (non-hydrogen) atoms. The van der Waals surface area contributed by atoms with Crippen molar-refractivity contribution in [3.05, 3.63) is 35.9 Å². The summed E-state index contributed by atoms with van der Waals surface area (Å²) >= 11 is 0. The van der Waals surface area contributed by atoms with Crippen LogP contribution in [0.3, 0.4) is 0 Å². The third kappa shape index (κ3) is 6.56. The maximum Gasteiger partial charge on any atom is 0.303 e. The Bertz CT molecular complexity index is 875. The van der Waals surface area contributed by atoms with Crippen LogP contribution < -0.4 is 15.4 Å². The highest BCUT2D eigenvalue weighted by molar-refractivity contribution is 5.75. The highest BCUT2D eigenvalue weighted by Crippen LogP contribution is 2.33. The molecule has 0 spiro atoms. The third-order valence-electron chi connectivity index (χ3n) is 5.81. The minimum atomic E-state index is -0.793. The van der Waals surface area contributed by atoms with Crippen molar-refractivity contribution in [1.29, 1.82) is 0 Å². The van der Waals surface area contributed by atoms with Gasteiger partial charge in [0.1, 0.15) is 0 Å². The van der Waals surface area contributed by atoms with E-state index in [1.54, 1.807) is 6.07 Å². The highest BCUT2D eigenvalue weighted by Gasteiger charge is 2.23. The first-order valence-corrected chi connectivity index (χ1v) is 11.5. The zero-order chi connectivity index (χ0) is 22.9. The van der Waals surface area contributed by atoms with Crippen LogP contribution in [0.4, 0.5) is 17.2 Å².